The largest absolute Gasteiger partial charge is 0.397 e. The van der Waals surface area contributed by atoms with E-state index in [1.165, 1.54) is 11.3 Å². The first kappa shape index (κ1) is 13.9. The smallest absolute Gasteiger partial charge is 0.263 e. The van der Waals surface area contributed by atoms with Crippen molar-refractivity contribution in [2.24, 2.45) is 0 Å². The second-order valence-electron chi connectivity index (χ2n) is 5.33. The molecule has 1 amide bonds. The Morgan fingerprint density at radius 1 is 1.57 bits per heavy atom. The number of hydrogen-bond donors (Lipinski definition) is 2. The molecule has 1 saturated carbocycles. The van der Waals surface area contributed by atoms with Crippen LogP contribution in [0.25, 0.3) is 0 Å². The SMILES string of the molecule is CN(Cc1cccnc1)c1cc(N)c(C(=O)NC2CC2)s1. The molecule has 0 unspecified atom stereocenters. The number of carbonyl (C=O) groups is 1. The average molecular weight is 302 g/mol. The number of nitrogens with zero attached hydrogens (tertiary/aromatic N) is 2. The van der Waals surface area contributed by atoms with Crippen molar-refractivity contribution in [2.45, 2.75) is 25.4 Å². The molecule has 0 bridgehead atoms. The van der Waals surface area contributed by atoms with Gasteiger partial charge in [0.25, 0.3) is 5.91 Å². The van der Waals surface area contributed by atoms with Gasteiger partial charge < -0.3 is 16.0 Å². The number of anilines is 2. The molecule has 0 aliphatic heterocycles. The summed E-state index contributed by atoms with van der Waals surface area (Å²) in [5, 5.41) is 3.96. The maximum absolute atomic E-state index is 12.1. The highest BCUT2D eigenvalue weighted by molar-refractivity contribution is 7.18. The molecule has 3 rings (SSSR count). The van der Waals surface area contributed by atoms with Crippen LogP contribution in [0.5, 0.6) is 0 Å². The van der Waals surface area contributed by atoms with Gasteiger partial charge in [0.05, 0.1) is 10.7 Å². The Balaban J connectivity index is 1.71. The van der Waals surface area contributed by atoms with Gasteiger partial charge in [0.2, 0.25) is 0 Å². The molecule has 5 nitrogen and oxygen atoms in total. The van der Waals surface area contributed by atoms with E-state index in [-0.39, 0.29) is 5.91 Å². The van der Waals surface area contributed by atoms with Gasteiger partial charge in [-0.3, -0.25) is 9.78 Å². The summed E-state index contributed by atoms with van der Waals surface area (Å²) in [7, 11) is 1.99. The number of nitrogens with one attached hydrogen (secondary N) is 1. The predicted molar refractivity (Wildman–Crippen MR) is 85.6 cm³/mol. The monoisotopic (exact) mass is 302 g/mol. The summed E-state index contributed by atoms with van der Waals surface area (Å²) in [5.74, 6) is -0.0546. The zero-order valence-corrected chi connectivity index (χ0v) is 12.7. The highest BCUT2D eigenvalue weighted by atomic mass is 32.1. The molecule has 3 N–H and O–H groups in total. The van der Waals surface area contributed by atoms with Crippen molar-refractivity contribution >= 4 is 27.9 Å². The number of nitrogens with two attached hydrogens (primary N) is 1. The second kappa shape index (κ2) is 5.73. The number of nitrogen functional groups attached to an aromatic ring is 1. The van der Waals surface area contributed by atoms with E-state index in [0.717, 1.165) is 30.0 Å². The van der Waals surface area contributed by atoms with Crippen molar-refractivity contribution in [1.82, 2.24) is 10.3 Å². The standard InChI is InChI=1S/C15H18N4OS/c1-19(9-10-3-2-6-17-8-10)13-7-12(16)14(21-13)15(20)18-11-4-5-11/h2-3,6-8,11H,4-5,9,16H2,1H3,(H,18,20). The fourth-order valence-electron chi connectivity index (χ4n) is 2.08. The molecular weight excluding hydrogens is 284 g/mol. The molecule has 1 fully saturated rings. The van der Waals surface area contributed by atoms with Crippen LogP contribution in [-0.4, -0.2) is 24.0 Å². The molecule has 110 valence electrons. The lowest BCUT2D eigenvalue weighted by Crippen LogP contribution is -2.25. The highest BCUT2D eigenvalue weighted by Crippen LogP contribution is 2.33. The lowest BCUT2D eigenvalue weighted by molar-refractivity contribution is 0.0956. The van der Waals surface area contributed by atoms with Crippen molar-refractivity contribution < 1.29 is 4.79 Å². The Hall–Kier alpha value is -2.08. The Morgan fingerprint density at radius 3 is 3.05 bits per heavy atom. The lowest BCUT2D eigenvalue weighted by atomic mass is 10.3. The van der Waals surface area contributed by atoms with E-state index in [1.807, 2.05) is 31.4 Å². The van der Waals surface area contributed by atoms with Crippen LogP contribution in [0.4, 0.5) is 10.7 Å². The van der Waals surface area contributed by atoms with Crippen LogP contribution in [0.2, 0.25) is 0 Å². The molecule has 0 atom stereocenters. The van der Waals surface area contributed by atoms with Gasteiger partial charge in [0.1, 0.15) is 4.88 Å². The molecule has 2 aromatic heterocycles. The fraction of sp³-hybridized carbons (Fsp3) is 0.333. The van der Waals surface area contributed by atoms with Crippen LogP contribution >= 0.6 is 11.3 Å². The third-order valence-electron chi connectivity index (χ3n) is 3.39. The molecule has 0 aromatic carbocycles. The predicted octanol–water partition coefficient (Wildman–Crippen LogP) is 2.25. The molecule has 2 heterocycles. The van der Waals surface area contributed by atoms with Crippen LogP contribution in [0.1, 0.15) is 28.1 Å². The van der Waals surface area contributed by atoms with Crippen molar-refractivity contribution in [3.8, 4) is 0 Å². The summed E-state index contributed by atoms with van der Waals surface area (Å²) in [4.78, 5) is 18.9. The minimum Gasteiger partial charge on any atom is -0.397 e. The molecule has 0 spiro atoms. The van der Waals surface area contributed by atoms with E-state index in [9.17, 15) is 4.79 Å². The first-order chi connectivity index (χ1) is 10.1. The van der Waals surface area contributed by atoms with Gasteiger partial charge in [-0.15, -0.1) is 11.3 Å². The van der Waals surface area contributed by atoms with Crippen molar-refractivity contribution in [1.29, 1.82) is 0 Å². The van der Waals surface area contributed by atoms with E-state index in [4.69, 9.17) is 5.73 Å². The summed E-state index contributed by atoms with van der Waals surface area (Å²) in [5.41, 5.74) is 7.65. The zero-order valence-electron chi connectivity index (χ0n) is 11.9. The molecule has 0 radical (unpaired) electrons. The molecule has 21 heavy (non-hydrogen) atoms. The zero-order chi connectivity index (χ0) is 14.8. The minimum atomic E-state index is -0.0546. The van der Waals surface area contributed by atoms with Gasteiger partial charge in [-0.05, 0) is 30.5 Å². The fourth-order valence-corrected chi connectivity index (χ4v) is 3.02. The van der Waals surface area contributed by atoms with Gasteiger partial charge >= 0.3 is 0 Å². The number of thiophene rings is 1. The number of carbonyl (C=O) groups excluding carboxylic acids is 1. The summed E-state index contributed by atoms with van der Waals surface area (Å²) in [6, 6.07) is 6.15. The summed E-state index contributed by atoms with van der Waals surface area (Å²) >= 11 is 1.43. The van der Waals surface area contributed by atoms with Gasteiger partial charge in [0, 0.05) is 32.0 Å². The number of hydrogen-bond acceptors (Lipinski definition) is 5. The molecule has 0 saturated heterocycles. The number of pyridine rings is 1. The van der Waals surface area contributed by atoms with Crippen LogP contribution in [-0.2, 0) is 6.54 Å². The Morgan fingerprint density at radius 2 is 2.38 bits per heavy atom. The average Bonchev–Trinajstić information content (AvgIpc) is 3.19. The van der Waals surface area contributed by atoms with E-state index in [0.29, 0.717) is 16.6 Å². The second-order valence-corrected chi connectivity index (χ2v) is 6.36. The van der Waals surface area contributed by atoms with Gasteiger partial charge in [-0.1, -0.05) is 6.07 Å². The third-order valence-corrected chi connectivity index (χ3v) is 4.65. The summed E-state index contributed by atoms with van der Waals surface area (Å²) in [6.45, 7) is 0.734. The number of amides is 1. The number of aromatic nitrogens is 1. The Kier molecular flexibility index (Phi) is 3.79. The van der Waals surface area contributed by atoms with Crippen LogP contribution in [0.15, 0.2) is 30.6 Å². The Labute approximate surface area is 127 Å². The first-order valence-electron chi connectivity index (χ1n) is 6.93. The van der Waals surface area contributed by atoms with Crippen molar-refractivity contribution in [3.63, 3.8) is 0 Å². The molecule has 6 heteroatoms. The summed E-state index contributed by atoms with van der Waals surface area (Å²) in [6.07, 6.45) is 5.75. The lowest BCUT2D eigenvalue weighted by Gasteiger charge is -2.16. The van der Waals surface area contributed by atoms with Crippen molar-refractivity contribution in [2.75, 3.05) is 17.7 Å². The minimum absolute atomic E-state index is 0.0546. The van der Waals surface area contributed by atoms with E-state index in [1.54, 1.807) is 6.20 Å². The molecule has 1 aliphatic carbocycles. The third kappa shape index (κ3) is 3.33. The quantitative estimate of drug-likeness (QED) is 0.888. The molecule has 1 aliphatic rings. The van der Waals surface area contributed by atoms with E-state index >= 15 is 0 Å². The van der Waals surface area contributed by atoms with E-state index in [2.05, 4.69) is 15.2 Å². The molecular formula is C15H18N4OS. The van der Waals surface area contributed by atoms with Crippen LogP contribution < -0.4 is 16.0 Å². The molecule has 2 aromatic rings. The van der Waals surface area contributed by atoms with Crippen LogP contribution in [0.3, 0.4) is 0 Å². The first-order valence-corrected chi connectivity index (χ1v) is 7.75. The van der Waals surface area contributed by atoms with Gasteiger partial charge in [0.15, 0.2) is 0 Å². The topological polar surface area (TPSA) is 71.2 Å². The maximum atomic E-state index is 12.1. The van der Waals surface area contributed by atoms with Gasteiger partial charge in [-0.2, -0.15) is 0 Å². The maximum Gasteiger partial charge on any atom is 0.263 e. The van der Waals surface area contributed by atoms with E-state index < -0.39 is 0 Å². The number of rotatable bonds is 5. The van der Waals surface area contributed by atoms with Gasteiger partial charge in [-0.25, -0.2) is 0 Å². The normalized spacial score (nSPS) is 14.0. The highest BCUT2D eigenvalue weighted by Gasteiger charge is 2.26. The summed E-state index contributed by atoms with van der Waals surface area (Å²) < 4.78 is 0. The van der Waals surface area contributed by atoms with Crippen molar-refractivity contribution in [3.05, 3.63) is 41.0 Å². The Bertz CT molecular complexity index is 636. The van der Waals surface area contributed by atoms with Crippen LogP contribution in [0, 0.1) is 0 Å².